The summed E-state index contributed by atoms with van der Waals surface area (Å²) >= 11 is 0. The van der Waals surface area contributed by atoms with Gasteiger partial charge in [-0.3, -0.25) is 0 Å². The van der Waals surface area contributed by atoms with Gasteiger partial charge in [-0.15, -0.1) is 0 Å². The first-order valence-corrected chi connectivity index (χ1v) is 4.15. The molecule has 0 aromatic carbocycles. The number of rotatable bonds is 2. The Hall–Kier alpha value is -0.960. The molecule has 64 valence electrons. The topological polar surface area (TPSA) is 38.9 Å². The zero-order valence-electron chi connectivity index (χ0n) is 6.70. The minimum atomic E-state index is -0.420. The van der Waals surface area contributed by atoms with Crippen LogP contribution >= 0.6 is 0 Å². The van der Waals surface area contributed by atoms with Crippen molar-refractivity contribution in [2.45, 2.75) is 18.9 Å². The van der Waals surface area contributed by atoms with Crippen LogP contribution in [0.25, 0.3) is 0 Å². The predicted octanol–water partition coefficient (Wildman–Crippen LogP) is 1.63. The van der Waals surface area contributed by atoms with Crippen molar-refractivity contribution in [2.75, 3.05) is 0 Å². The first-order chi connectivity index (χ1) is 5.79. The third kappa shape index (κ3) is 1.32. The normalized spacial score (nSPS) is 19.2. The molecule has 0 bridgehead atoms. The van der Waals surface area contributed by atoms with Gasteiger partial charge in [0.05, 0.1) is 0 Å². The van der Waals surface area contributed by atoms with Gasteiger partial charge < -0.3 is 5.73 Å². The average Bonchev–Trinajstić information content (AvgIpc) is 2.86. The lowest BCUT2D eigenvalue weighted by Gasteiger charge is -2.09. The van der Waals surface area contributed by atoms with E-state index >= 15 is 0 Å². The Morgan fingerprint density at radius 1 is 1.58 bits per heavy atom. The van der Waals surface area contributed by atoms with Crippen molar-refractivity contribution < 1.29 is 4.39 Å². The molecule has 1 heterocycles. The third-order valence-corrected chi connectivity index (χ3v) is 2.28. The van der Waals surface area contributed by atoms with Crippen molar-refractivity contribution in [1.82, 2.24) is 4.98 Å². The van der Waals surface area contributed by atoms with E-state index in [-0.39, 0.29) is 6.04 Å². The highest BCUT2D eigenvalue weighted by Crippen LogP contribution is 2.39. The second kappa shape index (κ2) is 2.83. The van der Waals surface area contributed by atoms with Crippen LogP contribution in [0, 0.1) is 11.9 Å². The van der Waals surface area contributed by atoms with Crippen LogP contribution in [0.5, 0.6) is 0 Å². The van der Waals surface area contributed by atoms with E-state index in [4.69, 9.17) is 5.73 Å². The van der Waals surface area contributed by atoms with E-state index < -0.39 is 5.95 Å². The van der Waals surface area contributed by atoms with E-state index in [9.17, 15) is 4.39 Å². The van der Waals surface area contributed by atoms with Gasteiger partial charge in [0.25, 0.3) is 0 Å². The van der Waals surface area contributed by atoms with Gasteiger partial charge in [0.2, 0.25) is 5.95 Å². The average molecular weight is 166 g/mol. The number of halogens is 1. The Morgan fingerprint density at radius 2 is 2.33 bits per heavy atom. The summed E-state index contributed by atoms with van der Waals surface area (Å²) in [6, 6.07) is 3.28. The van der Waals surface area contributed by atoms with Gasteiger partial charge in [0.15, 0.2) is 0 Å². The van der Waals surface area contributed by atoms with E-state index in [1.165, 1.54) is 6.20 Å². The van der Waals surface area contributed by atoms with E-state index in [1.54, 1.807) is 12.1 Å². The van der Waals surface area contributed by atoms with Crippen molar-refractivity contribution in [2.24, 2.45) is 11.7 Å². The minimum absolute atomic E-state index is 0.154. The van der Waals surface area contributed by atoms with Crippen molar-refractivity contribution in [1.29, 1.82) is 0 Å². The fraction of sp³-hybridized carbons (Fsp3) is 0.444. The first kappa shape index (κ1) is 7.68. The summed E-state index contributed by atoms with van der Waals surface area (Å²) < 4.78 is 13.0. The molecule has 2 N–H and O–H groups in total. The number of aromatic nitrogens is 1. The zero-order valence-corrected chi connectivity index (χ0v) is 6.70. The van der Waals surface area contributed by atoms with Crippen LogP contribution in [-0.2, 0) is 0 Å². The molecule has 1 saturated carbocycles. The monoisotopic (exact) mass is 166 g/mol. The molecule has 0 unspecified atom stereocenters. The SMILES string of the molecule is N[C@@H](c1cccnc1F)C1CC1. The van der Waals surface area contributed by atoms with Crippen LogP contribution in [0.15, 0.2) is 18.3 Å². The molecule has 1 atom stereocenters. The van der Waals surface area contributed by atoms with Gasteiger partial charge >= 0.3 is 0 Å². The Balaban J connectivity index is 2.25. The highest BCUT2D eigenvalue weighted by molar-refractivity contribution is 5.17. The molecule has 0 spiro atoms. The van der Waals surface area contributed by atoms with Gasteiger partial charge in [0, 0.05) is 17.8 Å². The number of pyridine rings is 1. The van der Waals surface area contributed by atoms with Gasteiger partial charge in [-0.25, -0.2) is 4.98 Å². The third-order valence-electron chi connectivity index (χ3n) is 2.28. The summed E-state index contributed by atoms with van der Waals surface area (Å²) in [5, 5.41) is 0. The molecule has 0 saturated heterocycles. The van der Waals surface area contributed by atoms with Crippen molar-refractivity contribution in [3.05, 3.63) is 29.8 Å². The molecule has 3 heteroatoms. The molecule has 12 heavy (non-hydrogen) atoms. The lowest BCUT2D eigenvalue weighted by molar-refractivity contribution is 0.524. The fourth-order valence-corrected chi connectivity index (χ4v) is 1.36. The molecule has 1 aromatic rings. The summed E-state index contributed by atoms with van der Waals surface area (Å²) in [5.41, 5.74) is 6.38. The van der Waals surface area contributed by atoms with Crippen molar-refractivity contribution in [3.8, 4) is 0 Å². The second-order valence-corrected chi connectivity index (χ2v) is 3.25. The Kier molecular flexibility index (Phi) is 1.81. The maximum atomic E-state index is 13.0. The number of hydrogen-bond acceptors (Lipinski definition) is 2. The lowest BCUT2D eigenvalue weighted by atomic mass is 10.1. The maximum absolute atomic E-state index is 13.0. The molecule has 0 amide bonds. The van der Waals surface area contributed by atoms with Crippen LogP contribution in [0.2, 0.25) is 0 Å². The minimum Gasteiger partial charge on any atom is -0.324 e. The van der Waals surface area contributed by atoms with Crippen molar-refractivity contribution in [3.63, 3.8) is 0 Å². The van der Waals surface area contributed by atoms with E-state index in [2.05, 4.69) is 4.98 Å². The summed E-state index contributed by atoms with van der Waals surface area (Å²) in [7, 11) is 0. The lowest BCUT2D eigenvalue weighted by Crippen LogP contribution is -2.14. The Morgan fingerprint density at radius 3 is 2.92 bits per heavy atom. The predicted molar refractivity (Wildman–Crippen MR) is 43.8 cm³/mol. The summed E-state index contributed by atoms with van der Waals surface area (Å²) in [5.74, 6) is 0.0561. The molecule has 0 aliphatic heterocycles. The van der Waals surface area contributed by atoms with Gasteiger partial charge in [-0.05, 0) is 24.8 Å². The van der Waals surface area contributed by atoms with Crippen LogP contribution < -0.4 is 5.73 Å². The molecular formula is C9H11FN2. The molecule has 0 radical (unpaired) electrons. The molecule has 1 aliphatic rings. The highest BCUT2D eigenvalue weighted by Gasteiger charge is 2.31. The second-order valence-electron chi connectivity index (χ2n) is 3.25. The van der Waals surface area contributed by atoms with Crippen LogP contribution in [0.1, 0.15) is 24.4 Å². The maximum Gasteiger partial charge on any atom is 0.217 e. The Bertz CT molecular complexity index is 284. The number of hydrogen-bond donors (Lipinski definition) is 1. The molecule has 1 aromatic heterocycles. The zero-order chi connectivity index (χ0) is 8.55. The largest absolute Gasteiger partial charge is 0.324 e. The van der Waals surface area contributed by atoms with Gasteiger partial charge in [-0.2, -0.15) is 4.39 Å². The van der Waals surface area contributed by atoms with Gasteiger partial charge in [0.1, 0.15) is 0 Å². The molecule has 2 rings (SSSR count). The first-order valence-electron chi connectivity index (χ1n) is 4.15. The molecule has 1 aliphatic carbocycles. The summed E-state index contributed by atoms with van der Waals surface area (Å²) in [4.78, 5) is 3.56. The Labute approximate surface area is 70.6 Å². The highest BCUT2D eigenvalue weighted by atomic mass is 19.1. The van der Waals surface area contributed by atoms with E-state index in [0.717, 1.165) is 12.8 Å². The molecule has 2 nitrogen and oxygen atoms in total. The van der Waals surface area contributed by atoms with Crippen LogP contribution in [0.4, 0.5) is 4.39 Å². The van der Waals surface area contributed by atoms with Crippen LogP contribution in [0.3, 0.4) is 0 Å². The number of nitrogens with two attached hydrogens (primary N) is 1. The number of nitrogens with zero attached hydrogens (tertiary/aromatic N) is 1. The van der Waals surface area contributed by atoms with Crippen LogP contribution in [-0.4, -0.2) is 4.98 Å². The van der Waals surface area contributed by atoms with E-state index in [0.29, 0.717) is 11.5 Å². The van der Waals surface area contributed by atoms with Crippen molar-refractivity contribution >= 4 is 0 Å². The molecular weight excluding hydrogens is 155 g/mol. The fourth-order valence-electron chi connectivity index (χ4n) is 1.36. The van der Waals surface area contributed by atoms with Gasteiger partial charge in [-0.1, -0.05) is 6.07 Å². The quantitative estimate of drug-likeness (QED) is 0.678. The summed E-state index contributed by atoms with van der Waals surface area (Å²) in [6.07, 6.45) is 3.68. The summed E-state index contributed by atoms with van der Waals surface area (Å²) in [6.45, 7) is 0. The molecule has 1 fully saturated rings. The smallest absolute Gasteiger partial charge is 0.217 e. The standard InChI is InChI=1S/C9H11FN2/c10-9-7(2-1-5-12-9)8(11)6-3-4-6/h1-2,5-6,8H,3-4,11H2/t8-/m1/s1. The van der Waals surface area contributed by atoms with E-state index in [1.807, 2.05) is 0 Å².